The largest absolute Gasteiger partial charge is 0.447 e. The van der Waals surface area contributed by atoms with Gasteiger partial charge < -0.3 is 19.9 Å². The van der Waals surface area contributed by atoms with Crippen LogP contribution in [0.5, 0.6) is 0 Å². The Labute approximate surface area is 152 Å². The minimum absolute atomic E-state index is 0.300. The van der Waals surface area contributed by atoms with Crippen molar-refractivity contribution in [1.29, 1.82) is 0 Å². The van der Waals surface area contributed by atoms with Gasteiger partial charge in [0.15, 0.2) is 0 Å². The molecule has 1 aliphatic rings. The second-order valence-corrected chi connectivity index (χ2v) is 5.91. The molecule has 2 N–H and O–H groups in total. The summed E-state index contributed by atoms with van der Waals surface area (Å²) in [5, 5.41) is 5.65. The van der Waals surface area contributed by atoms with Gasteiger partial charge in [0.2, 0.25) is 0 Å². The number of benzene rings is 1. The Balaban J connectivity index is 1.50. The van der Waals surface area contributed by atoms with Crippen molar-refractivity contribution in [3.8, 4) is 0 Å². The number of amides is 3. The molecule has 0 unspecified atom stereocenters. The molecule has 1 saturated heterocycles. The first-order valence-electron chi connectivity index (χ1n) is 8.77. The molecule has 3 rings (SSSR count). The first kappa shape index (κ1) is 17.8. The van der Waals surface area contributed by atoms with Gasteiger partial charge in [-0.1, -0.05) is 19.1 Å². The zero-order valence-electron chi connectivity index (χ0n) is 14.8. The van der Waals surface area contributed by atoms with Crippen LogP contribution in [0.1, 0.15) is 19.2 Å². The number of imidazole rings is 1. The third-order valence-corrected chi connectivity index (χ3v) is 4.18. The molecule has 1 aromatic heterocycles. The van der Waals surface area contributed by atoms with Crippen molar-refractivity contribution in [3.63, 3.8) is 0 Å². The molecule has 0 atom stereocenters. The van der Waals surface area contributed by atoms with Gasteiger partial charge in [-0.25, -0.2) is 14.6 Å². The van der Waals surface area contributed by atoms with E-state index in [-0.39, 0.29) is 6.03 Å². The highest BCUT2D eigenvalue weighted by molar-refractivity contribution is 5.98. The quantitative estimate of drug-likeness (QED) is 0.746. The Morgan fingerprint density at radius 1 is 1.35 bits per heavy atom. The van der Waals surface area contributed by atoms with Crippen LogP contribution in [-0.4, -0.2) is 41.4 Å². The van der Waals surface area contributed by atoms with E-state index in [1.54, 1.807) is 18.3 Å². The number of carbonyl (C=O) groups excluding carboxylic acids is 2. The Morgan fingerprint density at radius 2 is 2.19 bits per heavy atom. The van der Waals surface area contributed by atoms with E-state index >= 15 is 0 Å². The average molecular weight is 357 g/mol. The van der Waals surface area contributed by atoms with Crippen LogP contribution in [-0.2, 0) is 17.7 Å². The van der Waals surface area contributed by atoms with Crippen LogP contribution in [0.25, 0.3) is 0 Å². The summed E-state index contributed by atoms with van der Waals surface area (Å²) in [5.41, 5.74) is 1.21. The van der Waals surface area contributed by atoms with E-state index in [2.05, 4.69) is 27.1 Å². The fourth-order valence-electron chi connectivity index (χ4n) is 2.90. The molecule has 26 heavy (non-hydrogen) atoms. The number of carbonyl (C=O) groups is 2. The highest BCUT2D eigenvalue weighted by atomic mass is 16.6. The van der Waals surface area contributed by atoms with E-state index in [4.69, 9.17) is 4.74 Å². The second kappa shape index (κ2) is 8.37. The maximum atomic E-state index is 12.2. The molecule has 8 heteroatoms. The number of hydrogen-bond acceptors (Lipinski definition) is 4. The van der Waals surface area contributed by atoms with Crippen LogP contribution in [0.15, 0.2) is 36.7 Å². The summed E-state index contributed by atoms with van der Waals surface area (Å²) in [6, 6.07) is 6.88. The number of rotatable bonds is 7. The number of nitrogens with one attached hydrogen (secondary N) is 2. The summed E-state index contributed by atoms with van der Waals surface area (Å²) < 4.78 is 7.06. The number of urea groups is 1. The highest BCUT2D eigenvalue weighted by Crippen LogP contribution is 2.27. The molecule has 8 nitrogen and oxygen atoms in total. The van der Waals surface area contributed by atoms with Gasteiger partial charge in [-0.3, -0.25) is 4.90 Å². The molecule has 0 saturated carbocycles. The van der Waals surface area contributed by atoms with Crippen molar-refractivity contribution in [1.82, 2.24) is 14.9 Å². The zero-order valence-corrected chi connectivity index (χ0v) is 14.8. The summed E-state index contributed by atoms with van der Waals surface area (Å²) in [7, 11) is 0. The van der Waals surface area contributed by atoms with Crippen molar-refractivity contribution >= 4 is 23.5 Å². The van der Waals surface area contributed by atoms with Crippen LogP contribution >= 0.6 is 0 Å². The Bertz CT molecular complexity index is 774. The normalized spacial score (nSPS) is 13.6. The number of hydrogen-bond donors (Lipinski definition) is 2. The maximum Gasteiger partial charge on any atom is 0.414 e. The summed E-state index contributed by atoms with van der Waals surface area (Å²) in [4.78, 5) is 29.7. The second-order valence-electron chi connectivity index (χ2n) is 5.91. The lowest BCUT2D eigenvalue weighted by molar-refractivity contribution is 0.181. The zero-order chi connectivity index (χ0) is 18.4. The lowest BCUT2D eigenvalue weighted by Gasteiger charge is -2.18. The molecule has 1 fully saturated rings. The third-order valence-electron chi connectivity index (χ3n) is 4.18. The van der Waals surface area contributed by atoms with Crippen LogP contribution in [0.3, 0.4) is 0 Å². The molecule has 138 valence electrons. The Hall–Kier alpha value is -3.03. The smallest absolute Gasteiger partial charge is 0.414 e. The molecule has 0 spiro atoms. The summed E-state index contributed by atoms with van der Waals surface area (Å²) in [5.74, 6) is 1.04. The number of aryl methyl sites for hydroxylation is 2. The standard InChI is InChI=1S/C18H23N5O3/c1-2-16-19-9-11-22(16)10-5-8-20-17(24)21-14-6-3-4-7-15(14)23-12-13-26-18(23)25/h3-4,6-7,9,11H,2,5,8,10,12-13H2,1H3,(H2,20,21,24). The fraction of sp³-hybridized carbons (Fsp3) is 0.389. The van der Waals surface area contributed by atoms with Gasteiger partial charge >= 0.3 is 12.1 Å². The highest BCUT2D eigenvalue weighted by Gasteiger charge is 2.25. The van der Waals surface area contributed by atoms with E-state index < -0.39 is 6.09 Å². The van der Waals surface area contributed by atoms with Crippen molar-refractivity contribution in [2.75, 3.05) is 29.9 Å². The SMILES string of the molecule is CCc1nccn1CCCNC(=O)Nc1ccccc1N1CCOC1=O. The number of para-hydroxylation sites is 2. The third kappa shape index (κ3) is 4.14. The van der Waals surface area contributed by atoms with E-state index in [0.717, 1.165) is 25.2 Å². The number of ether oxygens (including phenoxy) is 1. The van der Waals surface area contributed by atoms with E-state index in [0.29, 0.717) is 31.1 Å². The summed E-state index contributed by atoms with van der Waals surface area (Å²) in [6.45, 7) is 4.25. The van der Waals surface area contributed by atoms with Gasteiger partial charge in [0.25, 0.3) is 0 Å². The monoisotopic (exact) mass is 357 g/mol. The van der Waals surface area contributed by atoms with Crippen molar-refractivity contribution < 1.29 is 14.3 Å². The minimum atomic E-state index is -0.397. The Morgan fingerprint density at radius 3 is 2.96 bits per heavy atom. The molecule has 1 aliphatic heterocycles. The summed E-state index contributed by atoms with van der Waals surface area (Å²) in [6.07, 6.45) is 5.03. The van der Waals surface area contributed by atoms with Crippen LogP contribution in [0.4, 0.5) is 21.0 Å². The molecular formula is C18H23N5O3. The lowest BCUT2D eigenvalue weighted by Crippen LogP contribution is -2.31. The number of aromatic nitrogens is 2. The number of nitrogens with zero attached hydrogens (tertiary/aromatic N) is 3. The average Bonchev–Trinajstić information content (AvgIpc) is 3.27. The predicted molar refractivity (Wildman–Crippen MR) is 98.4 cm³/mol. The molecule has 0 radical (unpaired) electrons. The van der Waals surface area contributed by atoms with Crippen LogP contribution in [0.2, 0.25) is 0 Å². The van der Waals surface area contributed by atoms with Gasteiger partial charge in [-0.15, -0.1) is 0 Å². The first-order valence-corrected chi connectivity index (χ1v) is 8.77. The molecule has 2 heterocycles. The first-order chi connectivity index (χ1) is 12.7. The number of anilines is 2. The minimum Gasteiger partial charge on any atom is -0.447 e. The molecular weight excluding hydrogens is 334 g/mol. The number of cyclic esters (lactones) is 1. The molecule has 2 aromatic rings. The van der Waals surface area contributed by atoms with E-state index in [9.17, 15) is 9.59 Å². The molecule has 0 aliphatic carbocycles. The molecule has 1 aromatic carbocycles. The fourth-order valence-corrected chi connectivity index (χ4v) is 2.90. The van der Waals surface area contributed by atoms with E-state index in [1.165, 1.54) is 4.90 Å². The predicted octanol–water partition coefficient (Wildman–Crippen LogP) is 2.61. The van der Waals surface area contributed by atoms with Gasteiger partial charge in [0.1, 0.15) is 12.4 Å². The van der Waals surface area contributed by atoms with Crippen LogP contribution < -0.4 is 15.5 Å². The topological polar surface area (TPSA) is 88.5 Å². The van der Waals surface area contributed by atoms with Crippen LogP contribution in [0, 0.1) is 0 Å². The van der Waals surface area contributed by atoms with Gasteiger partial charge in [0, 0.05) is 31.9 Å². The van der Waals surface area contributed by atoms with Gasteiger partial charge in [-0.2, -0.15) is 0 Å². The summed E-state index contributed by atoms with van der Waals surface area (Å²) >= 11 is 0. The molecule has 0 bridgehead atoms. The van der Waals surface area contributed by atoms with Crippen molar-refractivity contribution in [3.05, 3.63) is 42.5 Å². The van der Waals surface area contributed by atoms with Crippen molar-refractivity contribution in [2.24, 2.45) is 0 Å². The Kier molecular flexibility index (Phi) is 5.73. The van der Waals surface area contributed by atoms with Crippen molar-refractivity contribution in [2.45, 2.75) is 26.3 Å². The van der Waals surface area contributed by atoms with Gasteiger partial charge in [0.05, 0.1) is 17.9 Å². The lowest BCUT2D eigenvalue weighted by atomic mass is 10.2. The maximum absolute atomic E-state index is 12.2. The van der Waals surface area contributed by atoms with Gasteiger partial charge in [-0.05, 0) is 18.6 Å². The van der Waals surface area contributed by atoms with E-state index in [1.807, 2.05) is 18.3 Å². The molecule has 3 amide bonds.